The second-order valence-corrected chi connectivity index (χ2v) is 8.51. The van der Waals surface area contributed by atoms with Crippen LogP contribution in [0.3, 0.4) is 0 Å². The topological polar surface area (TPSA) is 79.3 Å². The van der Waals surface area contributed by atoms with E-state index >= 15 is 0 Å². The average Bonchev–Trinajstić information content (AvgIpc) is 3.11. The van der Waals surface area contributed by atoms with E-state index in [1.165, 1.54) is 16.6 Å². The highest BCUT2D eigenvalue weighted by Gasteiger charge is 2.30. The van der Waals surface area contributed by atoms with Crippen LogP contribution < -0.4 is 0 Å². The molecule has 10 heteroatoms. The minimum Gasteiger partial charge on any atom is -0.296 e. The minimum absolute atomic E-state index is 0.200. The smallest absolute Gasteiger partial charge is 0.245 e. The Kier molecular flexibility index (Phi) is 4.65. The first-order chi connectivity index (χ1) is 12.5. The lowest BCUT2D eigenvalue weighted by Gasteiger charge is -2.33. The van der Waals surface area contributed by atoms with Crippen LogP contribution in [0.25, 0.3) is 11.0 Å². The number of nitrogens with zero attached hydrogens (tertiary/aromatic N) is 5. The van der Waals surface area contributed by atoms with Crippen LogP contribution in [0.2, 0.25) is 0 Å². The molecule has 2 aromatic heterocycles. The molecule has 0 radical (unpaired) electrons. The van der Waals surface area contributed by atoms with E-state index in [-0.39, 0.29) is 10.7 Å². The lowest BCUT2D eigenvalue weighted by atomic mass is 10.2. The Morgan fingerprint density at radius 1 is 1.12 bits per heavy atom. The lowest BCUT2D eigenvalue weighted by Crippen LogP contribution is -2.48. The third-order valence-corrected chi connectivity index (χ3v) is 6.84. The SMILES string of the molecule is O=S(=O)(c1cccc2nsnc12)N1CCN(Cc2cncc(F)c2)CC1. The summed E-state index contributed by atoms with van der Waals surface area (Å²) in [5.41, 5.74) is 1.79. The molecule has 1 aliphatic heterocycles. The monoisotopic (exact) mass is 393 g/mol. The summed E-state index contributed by atoms with van der Waals surface area (Å²) in [6, 6.07) is 6.46. The van der Waals surface area contributed by atoms with Gasteiger partial charge in [-0.3, -0.25) is 9.88 Å². The van der Waals surface area contributed by atoms with E-state index in [1.54, 1.807) is 24.4 Å². The van der Waals surface area contributed by atoms with Gasteiger partial charge in [0.1, 0.15) is 21.7 Å². The molecule has 1 aromatic carbocycles. The molecule has 3 heterocycles. The van der Waals surface area contributed by atoms with E-state index in [1.807, 2.05) is 0 Å². The van der Waals surface area contributed by atoms with Crippen LogP contribution >= 0.6 is 11.7 Å². The van der Waals surface area contributed by atoms with Gasteiger partial charge in [0.2, 0.25) is 10.0 Å². The highest BCUT2D eigenvalue weighted by Crippen LogP contribution is 2.25. The maximum atomic E-state index is 13.2. The maximum Gasteiger partial charge on any atom is 0.245 e. The molecular formula is C16H16FN5O2S2. The molecule has 1 saturated heterocycles. The van der Waals surface area contributed by atoms with E-state index in [2.05, 4.69) is 18.6 Å². The summed E-state index contributed by atoms with van der Waals surface area (Å²) in [6.45, 7) is 2.43. The molecule has 0 aliphatic carbocycles. The van der Waals surface area contributed by atoms with Crippen molar-refractivity contribution in [3.8, 4) is 0 Å². The molecule has 0 saturated carbocycles. The van der Waals surface area contributed by atoms with Crippen LogP contribution in [-0.4, -0.2) is 57.5 Å². The molecule has 0 amide bonds. The number of hydrogen-bond acceptors (Lipinski definition) is 7. The number of benzene rings is 1. The average molecular weight is 393 g/mol. The van der Waals surface area contributed by atoms with Gasteiger partial charge in [0.25, 0.3) is 0 Å². The predicted octanol–water partition coefficient (Wildman–Crippen LogP) is 1.73. The van der Waals surface area contributed by atoms with Gasteiger partial charge in [0.05, 0.1) is 17.9 Å². The van der Waals surface area contributed by atoms with Crippen molar-refractivity contribution >= 4 is 32.8 Å². The largest absolute Gasteiger partial charge is 0.296 e. The Bertz CT molecular complexity index is 1030. The van der Waals surface area contributed by atoms with Crippen molar-refractivity contribution in [3.63, 3.8) is 0 Å². The molecule has 0 bridgehead atoms. The third kappa shape index (κ3) is 3.32. The number of piperazine rings is 1. The van der Waals surface area contributed by atoms with Crippen LogP contribution in [0.5, 0.6) is 0 Å². The van der Waals surface area contributed by atoms with Gasteiger partial charge in [-0.2, -0.15) is 13.1 Å². The van der Waals surface area contributed by atoms with Crippen molar-refractivity contribution in [2.24, 2.45) is 0 Å². The second kappa shape index (κ2) is 6.95. The van der Waals surface area contributed by atoms with Crippen molar-refractivity contribution in [2.45, 2.75) is 11.4 Å². The van der Waals surface area contributed by atoms with Crippen molar-refractivity contribution in [3.05, 3.63) is 48.0 Å². The Labute approximate surface area is 154 Å². The fourth-order valence-electron chi connectivity index (χ4n) is 3.06. The van der Waals surface area contributed by atoms with Gasteiger partial charge >= 0.3 is 0 Å². The molecule has 136 valence electrons. The van der Waals surface area contributed by atoms with Crippen LogP contribution in [0.1, 0.15) is 5.56 Å². The lowest BCUT2D eigenvalue weighted by molar-refractivity contribution is 0.181. The molecular weight excluding hydrogens is 377 g/mol. The third-order valence-electron chi connectivity index (χ3n) is 4.37. The zero-order valence-electron chi connectivity index (χ0n) is 13.7. The summed E-state index contributed by atoms with van der Waals surface area (Å²) in [5.74, 6) is -0.367. The Morgan fingerprint density at radius 3 is 2.69 bits per heavy atom. The first-order valence-corrected chi connectivity index (χ1v) is 10.2. The fourth-order valence-corrected chi connectivity index (χ4v) is 5.23. The summed E-state index contributed by atoms with van der Waals surface area (Å²) in [7, 11) is -3.62. The van der Waals surface area contributed by atoms with Crippen molar-refractivity contribution in [1.29, 1.82) is 0 Å². The van der Waals surface area contributed by atoms with Crippen LogP contribution in [0.15, 0.2) is 41.6 Å². The van der Waals surface area contributed by atoms with Crippen molar-refractivity contribution < 1.29 is 12.8 Å². The highest BCUT2D eigenvalue weighted by atomic mass is 32.2. The first kappa shape index (κ1) is 17.4. The number of sulfonamides is 1. The zero-order chi connectivity index (χ0) is 18.1. The minimum atomic E-state index is -3.62. The summed E-state index contributed by atoms with van der Waals surface area (Å²) in [4.78, 5) is 6.14. The first-order valence-electron chi connectivity index (χ1n) is 8.07. The van der Waals surface area contributed by atoms with Crippen molar-refractivity contribution in [1.82, 2.24) is 22.9 Å². The van der Waals surface area contributed by atoms with E-state index < -0.39 is 10.0 Å². The molecule has 3 aromatic rings. The van der Waals surface area contributed by atoms with E-state index in [9.17, 15) is 12.8 Å². The van der Waals surface area contributed by atoms with Gasteiger partial charge in [-0.25, -0.2) is 12.8 Å². The molecule has 26 heavy (non-hydrogen) atoms. The summed E-state index contributed by atoms with van der Waals surface area (Å²) in [5, 5.41) is 0. The number of pyridine rings is 1. The van der Waals surface area contributed by atoms with E-state index in [0.29, 0.717) is 43.8 Å². The van der Waals surface area contributed by atoms with Gasteiger partial charge in [-0.1, -0.05) is 6.07 Å². The molecule has 0 atom stereocenters. The number of hydrogen-bond donors (Lipinski definition) is 0. The maximum absolute atomic E-state index is 13.2. The van der Waals surface area contributed by atoms with Crippen LogP contribution in [-0.2, 0) is 16.6 Å². The van der Waals surface area contributed by atoms with Gasteiger partial charge < -0.3 is 0 Å². The van der Waals surface area contributed by atoms with Gasteiger partial charge in [0, 0.05) is 38.9 Å². The summed E-state index contributed by atoms with van der Waals surface area (Å²) >= 11 is 1.00. The Balaban J connectivity index is 1.48. The van der Waals surface area contributed by atoms with Gasteiger partial charge in [-0.05, 0) is 23.8 Å². The number of halogens is 1. The van der Waals surface area contributed by atoms with Crippen LogP contribution in [0, 0.1) is 5.82 Å². The zero-order valence-corrected chi connectivity index (χ0v) is 15.4. The quantitative estimate of drug-likeness (QED) is 0.672. The van der Waals surface area contributed by atoms with E-state index in [4.69, 9.17) is 0 Å². The standard InChI is InChI=1S/C16H16FN5O2S2/c17-13-8-12(9-18-10-13)11-21-4-6-22(7-5-21)26(23,24)15-3-1-2-14-16(15)20-25-19-14/h1-3,8-10H,4-7,11H2. The molecule has 1 fully saturated rings. The summed E-state index contributed by atoms with van der Waals surface area (Å²) in [6.07, 6.45) is 2.80. The van der Waals surface area contributed by atoms with Gasteiger partial charge in [-0.15, -0.1) is 0 Å². The normalized spacial score (nSPS) is 17.0. The van der Waals surface area contributed by atoms with Crippen molar-refractivity contribution in [2.75, 3.05) is 26.2 Å². The molecule has 0 spiro atoms. The molecule has 0 N–H and O–H groups in total. The predicted molar refractivity (Wildman–Crippen MR) is 95.6 cm³/mol. The molecule has 0 unspecified atom stereocenters. The molecule has 1 aliphatic rings. The highest BCUT2D eigenvalue weighted by molar-refractivity contribution is 7.89. The summed E-state index contributed by atoms with van der Waals surface area (Å²) < 4.78 is 48.9. The second-order valence-electron chi connectivity index (χ2n) is 6.08. The molecule has 7 nitrogen and oxygen atoms in total. The van der Waals surface area contributed by atoms with E-state index in [0.717, 1.165) is 17.3 Å². The van der Waals surface area contributed by atoms with Crippen LogP contribution in [0.4, 0.5) is 4.39 Å². The number of rotatable bonds is 4. The number of aromatic nitrogens is 3. The Hall–Kier alpha value is -2.01. The Morgan fingerprint density at radius 2 is 1.92 bits per heavy atom. The number of fused-ring (bicyclic) bond motifs is 1. The van der Waals surface area contributed by atoms with Gasteiger partial charge in [0.15, 0.2) is 0 Å². The molecule has 4 rings (SSSR count). The fraction of sp³-hybridized carbons (Fsp3) is 0.312.